The molecule has 2 atom stereocenters. The Morgan fingerprint density at radius 1 is 1.28 bits per heavy atom. The van der Waals surface area contributed by atoms with Crippen molar-refractivity contribution in [3.8, 4) is 5.75 Å². The van der Waals surface area contributed by atoms with Gasteiger partial charge in [0.05, 0.1) is 13.1 Å². The number of hydrogen-bond acceptors (Lipinski definition) is 3. The van der Waals surface area contributed by atoms with Crippen LogP contribution in [0.15, 0.2) is 29.3 Å². The maximum Gasteiger partial charge on any atom is 0.401 e. The number of guanidine groups is 1. The molecule has 0 amide bonds. The molecule has 1 aliphatic rings. The first-order valence-corrected chi connectivity index (χ1v) is 9.48. The van der Waals surface area contributed by atoms with Gasteiger partial charge in [-0.2, -0.15) is 13.2 Å². The van der Waals surface area contributed by atoms with Crippen LogP contribution in [0, 0.1) is 11.7 Å². The molecular formula is C19H29F4IN4O. The van der Waals surface area contributed by atoms with E-state index >= 15 is 0 Å². The maximum absolute atomic E-state index is 12.9. The lowest BCUT2D eigenvalue weighted by atomic mass is 10.1. The Balaban J connectivity index is 0.00000420. The quantitative estimate of drug-likeness (QED) is 0.233. The van der Waals surface area contributed by atoms with Gasteiger partial charge in [0.1, 0.15) is 17.7 Å². The van der Waals surface area contributed by atoms with E-state index in [-0.39, 0.29) is 41.8 Å². The lowest BCUT2D eigenvalue weighted by Crippen LogP contribution is -2.41. The van der Waals surface area contributed by atoms with Crippen LogP contribution in [0.4, 0.5) is 17.6 Å². The van der Waals surface area contributed by atoms with Crippen LogP contribution in [-0.2, 0) is 0 Å². The third-order valence-electron chi connectivity index (χ3n) is 4.33. The van der Waals surface area contributed by atoms with Gasteiger partial charge in [0.15, 0.2) is 5.96 Å². The molecule has 1 aromatic rings. The molecule has 166 valence electrons. The molecule has 5 nitrogen and oxygen atoms in total. The summed E-state index contributed by atoms with van der Waals surface area (Å²) >= 11 is 0. The first kappa shape index (κ1) is 25.7. The summed E-state index contributed by atoms with van der Waals surface area (Å²) in [5.74, 6) is 1.00. The van der Waals surface area contributed by atoms with Crippen LogP contribution in [-0.4, -0.2) is 62.4 Å². The molecule has 10 heteroatoms. The molecule has 2 rings (SSSR count). The molecule has 1 aromatic carbocycles. The van der Waals surface area contributed by atoms with E-state index in [1.807, 2.05) is 13.8 Å². The van der Waals surface area contributed by atoms with E-state index in [1.54, 1.807) is 12.1 Å². The van der Waals surface area contributed by atoms with Gasteiger partial charge in [-0.05, 0) is 57.0 Å². The van der Waals surface area contributed by atoms with Crippen LogP contribution in [0.1, 0.15) is 20.3 Å². The van der Waals surface area contributed by atoms with Gasteiger partial charge in [-0.3, -0.25) is 4.90 Å². The minimum Gasteiger partial charge on any atom is -0.489 e. The Labute approximate surface area is 186 Å². The molecule has 0 spiro atoms. The number of halogens is 5. The number of nitrogens with zero attached hydrogens (tertiary/aromatic N) is 2. The molecule has 0 aliphatic carbocycles. The van der Waals surface area contributed by atoms with Crippen molar-refractivity contribution in [3.05, 3.63) is 30.1 Å². The highest BCUT2D eigenvalue weighted by Gasteiger charge is 2.34. The highest BCUT2D eigenvalue weighted by molar-refractivity contribution is 14.0. The monoisotopic (exact) mass is 532 g/mol. The second-order valence-electron chi connectivity index (χ2n) is 6.99. The van der Waals surface area contributed by atoms with Gasteiger partial charge in [-0.15, -0.1) is 24.0 Å². The predicted molar refractivity (Wildman–Crippen MR) is 116 cm³/mol. The molecule has 0 radical (unpaired) electrons. The fourth-order valence-corrected chi connectivity index (χ4v) is 3.06. The first-order valence-electron chi connectivity index (χ1n) is 9.48. The van der Waals surface area contributed by atoms with E-state index in [1.165, 1.54) is 17.0 Å². The van der Waals surface area contributed by atoms with Crippen molar-refractivity contribution in [1.29, 1.82) is 0 Å². The van der Waals surface area contributed by atoms with E-state index < -0.39 is 12.7 Å². The SMILES string of the molecule is CCNC(=NCC(C)Oc1ccc(F)cc1)NCC1CCN(CC(F)(F)F)C1.I. The van der Waals surface area contributed by atoms with Gasteiger partial charge in [0.25, 0.3) is 0 Å². The molecule has 0 aromatic heterocycles. The lowest BCUT2D eigenvalue weighted by molar-refractivity contribution is -0.143. The number of aliphatic imine (C=N–C) groups is 1. The number of nitrogens with one attached hydrogen (secondary N) is 2. The van der Waals surface area contributed by atoms with Gasteiger partial charge in [0, 0.05) is 19.6 Å². The van der Waals surface area contributed by atoms with E-state index in [9.17, 15) is 17.6 Å². The average Bonchev–Trinajstić information content (AvgIpc) is 3.05. The van der Waals surface area contributed by atoms with Crippen LogP contribution in [0.25, 0.3) is 0 Å². The summed E-state index contributed by atoms with van der Waals surface area (Å²) in [6.07, 6.45) is -3.64. The third kappa shape index (κ3) is 10.3. The van der Waals surface area contributed by atoms with Crippen molar-refractivity contribution in [2.75, 3.05) is 39.3 Å². The van der Waals surface area contributed by atoms with Gasteiger partial charge in [-0.25, -0.2) is 9.38 Å². The fraction of sp³-hybridized carbons (Fsp3) is 0.632. The zero-order chi connectivity index (χ0) is 20.6. The van der Waals surface area contributed by atoms with E-state index in [4.69, 9.17) is 4.74 Å². The minimum absolute atomic E-state index is 0. The summed E-state index contributed by atoms with van der Waals surface area (Å²) in [4.78, 5) is 5.91. The van der Waals surface area contributed by atoms with Gasteiger partial charge in [0.2, 0.25) is 0 Å². The molecule has 0 saturated carbocycles. The fourth-order valence-electron chi connectivity index (χ4n) is 3.06. The molecule has 1 fully saturated rings. The summed E-state index contributed by atoms with van der Waals surface area (Å²) in [6, 6.07) is 5.79. The Hall–Kier alpha value is -1.30. The summed E-state index contributed by atoms with van der Waals surface area (Å²) in [7, 11) is 0. The maximum atomic E-state index is 12.9. The van der Waals surface area contributed by atoms with Crippen molar-refractivity contribution in [2.24, 2.45) is 10.9 Å². The van der Waals surface area contributed by atoms with Crippen LogP contribution in [0.5, 0.6) is 5.75 Å². The van der Waals surface area contributed by atoms with E-state index in [2.05, 4.69) is 15.6 Å². The average molecular weight is 532 g/mol. The summed E-state index contributed by atoms with van der Waals surface area (Å²) in [5.41, 5.74) is 0. The summed E-state index contributed by atoms with van der Waals surface area (Å²) < 4.78 is 56.1. The van der Waals surface area contributed by atoms with Gasteiger partial charge >= 0.3 is 6.18 Å². The summed E-state index contributed by atoms with van der Waals surface area (Å²) in [6.45, 7) is 5.46. The molecule has 29 heavy (non-hydrogen) atoms. The number of alkyl halides is 3. The smallest absolute Gasteiger partial charge is 0.401 e. The predicted octanol–water partition coefficient (Wildman–Crippen LogP) is 3.65. The van der Waals surface area contributed by atoms with Crippen molar-refractivity contribution >= 4 is 29.9 Å². The number of benzene rings is 1. The van der Waals surface area contributed by atoms with Crippen molar-refractivity contribution in [2.45, 2.75) is 32.5 Å². The Morgan fingerprint density at radius 2 is 1.97 bits per heavy atom. The first-order chi connectivity index (χ1) is 13.2. The molecule has 1 aliphatic heterocycles. The number of likely N-dealkylation sites (tertiary alicyclic amines) is 1. The second-order valence-corrected chi connectivity index (χ2v) is 6.99. The topological polar surface area (TPSA) is 48.9 Å². The molecule has 2 unspecified atom stereocenters. The molecule has 2 N–H and O–H groups in total. The number of hydrogen-bond donors (Lipinski definition) is 2. The Morgan fingerprint density at radius 3 is 2.59 bits per heavy atom. The standard InChI is InChI=1S/C19H28F4N4O.HI/c1-3-24-18(25-10-14(2)28-17-6-4-16(20)5-7-17)26-11-15-8-9-27(12-15)13-19(21,22)23;/h4-7,14-15H,3,8-13H2,1-2H3,(H2,24,25,26);1H. The normalized spacial score (nSPS) is 18.8. The molecule has 0 bridgehead atoms. The number of rotatable bonds is 8. The third-order valence-corrected chi connectivity index (χ3v) is 4.33. The highest BCUT2D eigenvalue weighted by Crippen LogP contribution is 2.22. The van der Waals surface area contributed by atoms with Crippen molar-refractivity contribution < 1.29 is 22.3 Å². The lowest BCUT2D eigenvalue weighted by Gasteiger charge is -2.19. The van der Waals surface area contributed by atoms with Gasteiger partial charge in [-0.1, -0.05) is 0 Å². The van der Waals surface area contributed by atoms with E-state index in [0.29, 0.717) is 44.4 Å². The van der Waals surface area contributed by atoms with E-state index in [0.717, 1.165) is 6.42 Å². The molecule has 1 heterocycles. The molecule has 1 saturated heterocycles. The van der Waals surface area contributed by atoms with Crippen LogP contribution in [0.2, 0.25) is 0 Å². The minimum atomic E-state index is -4.15. The van der Waals surface area contributed by atoms with Crippen LogP contribution < -0.4 is 15.4 Å². The number of ether oxygens (including phenoxy) is 1. The van der Waals surface area contributed by atoms with Crippen LogP contribution in [0.3, 0.4) is 0 Å². The summed E-state index contributed by atoms with van der Waals surface area (Å²) in [5, 5.41) is 6.32. The highest BCUT2D eigenvalue weighted by atomic mass is 127. The zero-order valence-corrected chi connectivity index (χ0v) is 19.0. The zero-order valence-electron chi connectivity index (χ0n) is 16.6. The Kier molecular flexibility index (Phi) is 11.0. The largest absolute Gasteiger partial charge is 0.489 e. The van der Waals surface area contributed by atoms with Gasteiger partial charge < -0.3 is 15.4 Å². The van der Waals surface area contributed by atoms with Crippen LogP contribution >= 0.6 is 24.0 Å². The van der Waals surface area contributed by atoms with Crippen molar-refractivity contribution in [3.63, 3.8) is 0 Å². The second kappa shape index (κ2) is 12.4. The Bertz CT molecular complexity index is 628. The molecular weight excluding hydrogens is 503 g/mol. The van der Waals surface area contributed by atoms with Crippen molar-refractivity contribution in [1.82, 2.24) is 15.5 Å².